The van der Waals surface area contributed by atoms with Crippen molar-refractivity contribution in [3.05, 3.63) is 35.9 Å². The van der Waals surface area contributed by atoms with Crippen LogP contribution in [0.3, 0.4) is 0 Å². The molecule has 0 heterocycles. The zero-order chi connectivity index (χ0) is 12.0. The van der Waals surface area contributed by atoms with E-state index < -0.39 is 10.0 Å². The van der Waals surface area contributed by atoms with Gasteiger partial charge in [0.05, 0.1) is 5.75 Å². The van der Waals surface area contributed by atoms with E-state index in [9.17, 15) is 8.42 Å². The number of aryl methyl sites for hydroxylation is 1. The van der Waals surface area contributed by atoms with Gasteiger partial charge in [0.25, 0.3) is 0 Å². The fourth-order valence-electron chi connectivity index (χ4n) is 1.48. The van der Waals surface area contributed by atoms with Crippen molar-refractivity contribution < 1.29 is 8.42 Å². The first-order valence-electron chi connectivity index (χ1n) is 5.57. The summed E-state index contributed by atoms with van der Waals surface area (Å²) in [6, 6.07) is 10.1. The molecule has 0 fully saturated rings. The van der Waals surface area contributed by atoms with Crippen LogP contribution in [0, 0.1) is 0 Å². The van der Waals surface area contributed by atoms with Gasteiger partial charge in [-0.15, -0.1) is 0 Å². The summed E-state index contributed by atoms with van der Waals surface area (Å²) in [7, 11) is -3.07. The summed E-state index contributed by atoms with van der Waals surface area (Å²) < 4.78 is 25.3. The van der Waals surface area contributed by atoms with Crippen LogP contribution in [-0.4, -0.2) is 20.2 Å². The maximum atomic E-state index is 11.3. The van der Waals surface area contributed by atoms with Crippen molar-refractivity contribution in [2.75, 3.05) is 5.75 Å². The molecule has 1 aromatic carbocycles. The lowest BCUT2D eigenvalue weighted by Gasteiger charge is -2.13. The molecule has 1 rings (SSSR count). The zero-order valence-corrected chi connectivity index (χ0v) is 10.6. The molecule has 0 aromatic heterocycles. The lowest BCUT2D eigenvalue weighted by Crippen LogP contribution is -2.33. The van der Waals surface area contributed by atoms with Crippen LogP contribution in [-0.2, 0) is 16.4 Å². The molecular weight excluding hydrogens is 222 g/mol. The summed E-state index contributed by atoms with van der Waals surface area (Å²) in [5.41, 5.74) is 1.24. The van der Waals surface area contributed by atoms with Crippen LogP contribution >= 0.6 is 0 Å². The van der Waals surface area contributed by atoms with Gasteiger partial charge < -0.3 is 0 Å². The Kier molecular flexibility index (Phi) is 4.96. The molecule has 1 atom stereocenters. The van der Waals surface area contributed by atoms with Gasteiger partial charge in [0.1, 0.15) is 0 Å². The molecule has 0 bridgehead atoms. The molecule has 0 aliphatic rings. The van der Waals surface area contributed by atoms with Crippen LogP contribution in [0.25, 0.3) is 0 Å². The van der Waals surface area contributed by atoms with Gasteiger partial charge in [-0.25, -0.2) is 13.1 Å². The Morgan fingerprint density at radius 1 is 1.25 bits per heavy atom. The molecule has 1 unspecified atom stereocenters. The van der Waals surface area contributed by atoms with E-state index in [0.29, 0.717) is 0 Å². The fraction of sp³-hybridized carbons (Fsp3) is 0.500. The van der Waals surface area contributed by atoms with Gasteiger partial charge in [-0.1, -0.05) is 30.3 Å². The monoisotopic (exact) mass is 241 g/mol. The van der Waals surface area contributed by atoms with Gasteiger partial charge >= 0.3 is 0 Å². The third-order valence-corrected chi connectivity index (χ3v) is 3.99. The predicted octanol–water partition coefficient (Wildman–Crippen LogP) is 1.95. The van der Waals surface area contributed by atoms with E-state index in [4.69, 9.17) is 0 Å². The topological polar surface area (TPSA) is 46.2 Å². The highest BCUT2D eigenvalue weighted by Gasteiger charge is 2.11. The minimum absolute atomic E-state index is 0.00911. The van der Waals surface area contributed by atoms with E-state index in [-0.39, 0.29) is 11.8 Å². The third-order valence-electron chi connectivity index (χ3n) is 2.47. The fourth-order valence-corrected chi connectivity index (χ4v) is 2.37. The Balaban J connectivity index is 2.39. The maximum Gasteiger partial charge on any atom is 0.211 e. The highest BCUT2D eigenvalue weighted by molar-refractivity contribution is 7.89. The minimum Gasteiger partial charge on any atom is -0.212 e. The largest absolute Gasteiger partial charge is 0.212 e. The molecule has 1 aromatic rings. The number of nitrogens with one attached hydrogen (secondary N) is 1. The van der Waals surface area contributed by atoms with Crippen molar-refractivity contribution in [3.63, 3.8) is 0 Å². The second-order valence-corrected chi connectivity index (χ2v) is 5.99. The maximum absolute atomic E-state index is 11.3. The van der Waals surface area contributed by atoms with E-state index in [1.165, 1.54) is 5.56 Å². The van der Waals surface area contributed by atoms with E-state index in [1.54, 1.807) is 6.92 Å². The molecule has 4 heteroatoms. The molecule has 0 saturated carbocycles. The standard InChI is InChI=1S/C12H19NO2S/c1-3-16(14,15)13-11(2)9-10-12-7-5-4-6-8-12/h4-8,11,13H,3,9-10H2,1-2H3. The Morgan fingerprint density at radius 3 is 2.44 bits per heavy atom. The van der Waals surface area contributed by atoms with Gasteiger partial charge in [-0.05, 0) is 32.3 Å². The summed E-state index contributed by atoms with van der Waals surface area (Å²) in [5.74, 6) is 0.142. The first kappa shape index (κ1) is 13.2. The number of hydrogen-bond donors (Lipinski definition) is 1. The van der Waals surface area contributed by atoms with E-state index >= 15 is 0 Å². The summed E-state index contributed by atoms with van der Waals surface area (Å²) in [5, 5.41) is 0. The summed E-state index contributed by atoms with van der Waals surface area (Å²) >= 11 is 0. The highest BCUT2D eigenvalue weighted by atomic mass is 32.2. The molecular formula is C12H19NO2S. The Bertz CT molecular complexity index is 400. The molecule has 0 aliphatic carbocycles. The van der Waals surface area contributed by atoms with Crippen molar-refractivity contribution in [2.45, 2.75) is 32.7 Å². The summed E-state index contributed by atoms with van der Waals surface area (Å²) in [6.07, 6.45) is 1.72. The first-order valence-corrected chi connectivity index (χ1v) is 7.22. The third kappa shape index (κ3) is 4.77. The van der Waals surface area contributed by atoms with Crippen LogP contribution in [0.5, 0.6) is 0 Å². The average Bonchev–Trinajstić information content (AvgIpc) is 2.27. The van der Waals surface area contributed by atoms with Crippen LogP contribution in [0.4, 0.5) is 0 Å². The normalized spacial score (nSPS) is 13.6. The molecule has 16 heavy (non-hydrogen) atoms. The number of rotatable bonds is 6. The van der Waals surface area contributed by atoms with Crippen LogP contribution in [0.1, 0.15) is 25.8 Å². The van der Waals surface area contributed by atoms with Crippen molar-refractivity contribution in [2.24, 2.45) is 0 Å². The number of sulfonamides is 1. The molecule has 0 radical (unpaired) electrons. The Labute approximate surface area is 97.9 Å². The minimum atomic E-state index is -3.07. The molecule has 1 N–H and O–H groups in total. The quantitative estimate of drug-likeness (QED) is 0.827. The van der Waals surface area contributed by atoms with Crippen molar-refractivity contribution in [1.29, 1.82) is 0 Å². The Morgan fingerprint density at radius 2 is 1.88 bits per heavy atom. The van der Waals surface area contributed by atoms with Gasteiger partial charge in [-0.2, -0.15) is 0 Å². The van der Waals surface area contributed by atoms with Crippen molar-refractivity contribution in [3.8, 4) is 0 Å². The molecule has 0 saturated heterocycles. The molecule has 3 nitrogen and oxygen atoms in total. The van der Waals surface area contributed by atoms with Crippen molar-refractivity contribution >= 4 is 10.0 Å². The lowest BCUT2D eigenvalue weighted by atomic mass is 10.1. The van der Waals surface area contributed by atoms with E-state index in [1.807, 2.05) is 25.1 Å². The van der Waals surface area contributed by atoms with Crippen molar-refractivity contribution in [1.82, 2.24) is 4.72 Å². The van der Waals surface area contributed by atoms with Gasteiger partial charge in [0.2, 0.25) is 10.0 Å². The number of hydrogen-bond acceptors (Lipinski definition) is 2. The lowest BCUT2D eigenvalue weighted by molar-refractivity contribution is 0.548. The molecule has 0 aliphatic heterocycles. The van der Waals surface area contributed by atoms with E-state index in [0.717, 1.165) is 12.8 Å². The summed E-state index contributed by atoms with van der Waals surface area (Å²) in [6.45, 7) is 3.54. The molecule has 0 amide bonds. The van der Waals surface area contributed by atoms with Gasteiger partial charge in [0, 0.05) is 6.04 Å². The van der Waals surface area contributed by atoms with Gasteiger partial charge in [0.15, 0.2) is 0 Å². The first-order chi connectivity index (χ1) is 7.53. The molecule has 90 valence electrons. The number of benzene rings is 1. The predicted molar refractivity (Wildman–Crippen MR) is 66.8 cm³/mol. The van der Waals surface area contributed by atoms with Crippen LogP contribution < -0.4 is 4.72 Å². The second-order valence-electron chi connectivity index (χ2n) is 3.95. The Hall–Kier alpha value is -0.870. The highest BCUT2D eigenvalue weighted by Crippen LogP contribution is 2.05. The second kappa shape index (κ2) is 6.01. The average molecular weight is 241 g/mol. The SMILES string of the molecule is CCS(=O)(=O)NC(C)CCc1ccccc1. The van der Waals surface area contributed by atoms with Gasteiger partial charge in [-0.3, -0.25) is 0 Å². The summed E-state index contributed by atoms with van der Waals surface area (Å²) in [4.78, 5) is 0. The van der Waals surface area contributed by atoms with Crippen LogP contribution in [0.2, 0.25) is 0 Å². The smallest absolute Gasteiger partial charge is 0.211 e. The van der Waals surface area contributed by atoms with E-state index in [2.05, 4.69) is 16.9 Å². The zero-order valence-electron chi connectivity index (χ0n) is 9.81. The van der Waals surface area contributed by atoms with Crippen LogP contribution in [0.15, 0.2) is 30.3 Å². The molecule has 0 spiro atoms.